The zero-order valence-corrected chi connectivity index (χ0v) is 6.77. The van der Waals surface area contributed by atoms with Crippen molar-refractivity contribution in [2.45, 2.75) is 6.92 Å². The molecule has 0 radical (unpaired) electrons. The predicted octanol–water partition coefficient (Wildman–Crippen LogP) is -0.406. The topological polar surface area (TPSA) is 60.4 Å². The minimum absolute atomic E-state index is 0.132. The van der Waals surface area contributed by atoms with E-state index in [1.165, 1.54) is 6.92 Å². The third-order valence-electron chi connectivity index (χ3n) is 0.603. The van der Waals surface area contributed by atoms with Gasteiger partial charge in [0.15, 0.2) is 15.6 Å². The minimum atomic E-state index is -3.09. The van der Waals surface area contributed by atoms with Crippen molar-refractivity contribution < 1.29 is 17.9 Å². The first-order valence-electron chi connectivity index (χ1n) is 2.67. The van der Waals surface area contributed by atoms with Gasteiger partial charge in [-0.2, -0.15) is 0 Å². The highest BCUT2D eigenvalue weighted by molar-refractivity contribution is 7.90. The van der Waals surface area contributed by atoms with Crippen LogP contribution in [0.15, 0.2) is 0 Å². The molecule has 4 nitrogen and oxygen atoms in total. The van der Waals surface area contributed by atoms with Gasteiger partial charge in [0.1, 0.15) is 12.5 Å². The Bertz CT molecular complexity index is 204. The predicted molar refractivity (Wildman–Crippen MR) is 36.3 cm³/mol. The van der Waals surface area contributed by atoms with Gasteiger partial charge in [0.25, 0.3) is 0 Å². The Morgan fingerprint density at radius 2 is 2.00 bits per heavy atom. The smallest absolute Gasteiger partial charge is 0.171 e. The molecule has 0 unspecified atom stereocenters. The summed E-state index contributed by atoms with van der Waals surface area (Å²) in [5.41, 5.74) is 0. The van der Waals surface area contributed by atoms with Crippen molar-refractivity contribution in [1.82, 2.24) is 0 Å². The minimum Gasteiger partial charge on any atom is -0.358 e. The molecule has 0 amide bonds. The molecule has 0 aromatic heterocycles. The fourth-order valence-corrected chi connectivity index (χ4v) is 0.723. The number of hydrogen-bond donors (Lipinski definition) is 0. The number of hydrogen-bond acceptors (Lipinski definition) is 4. The quantitative estimate of drug-likeness (QED) is 0.570. The summed E-state index contributed by atoms with van der Waals surface area (Å²) in [6.07, 6.45) is 1.05. The summed E-state index contributed by atoms with van der Waals surface area (Å²) in [7, 11) is -3.09. The van der Waals surface area contributed by atoms with Gasteiger partial charge < -0.3 is 4.74 Å². The van der Waals surface area contributed by atoms with Gasteiger partial charge in [0.2, 0.25) is 0 Å². The average molecular weight is 166 g/mol. The van der Waals surface area contributed by atoms with E-state index in [-0.39, 0.29) is 18.3 Å². The van der Waals surface area contributed by atoms with Crippen molar-refractivity contribution in [3.63, 3.8) is 0 Å². The van der Waals surface area contributed by atoms with Gasteiger partial charge in [-0.15, -0.1) is 0 Å². The molecule has 0 aliphatic carbocycles. The van der Waals surface area contributed by atoms with Gasteiger partial charge in [0, 0.05) is 6.26 Å². The second-order valence-corrected chi connectivity index (χ2v) is 4.18. The number of ketones is 1. The third kappa shape index (κ3) is 7.58. The molecule has 60 valence electrons. The molecule has 0 N–H and O–H groups in total. The molecule has 0 aliphatic rings. The molecule has 0 bridgehead atoms. The summed E-state index contributed by atoms with van der Waals surface area (Å²) >= 11 is 0. The van der Waals surface area contributed by atoms with E-state index in [1.54, 1.807) is 0 Å². The molecule has 0 aliphatic heterocycles. The first-order chi connectivity index (χ1) is 4.42. The van der Waals surface area contributed by atoms with Crippen LogP contribution in [0.1, 0.15) is 6.92 Å². The lowest BCUT2D eigenvalue weighted by Crippen LogP contribution is -2.11. The first-order valence-corrected chi connectivity index (χ1v) is 4.73. The summed E-state index contributed by atoms with van der Waals surface area (Å²) < 4.78 is 25.3. The standard InChI is InChI=1S/C5H10O4S/c1-5(6)3-9-4-10(2,7)8/h3-4H2,1-2H3. The van der Waals surface area contributed by atoms with Crippen LogP contribution in [-0.2, 0) is 19.4 Å². The van der Waals surface area contributed by atoms with E-state index in [0.29, 0.717) is 0 Å². The molecule has 0 atom stereocenters. The fourth-order valence-electron chi connectivity index (χ4n) is 0.337. The van der Waals surface area contributed by atoms with Crippen molar-refractivity contribution in [3.8, 4) is 0 Å². The first kappa shape index (κ1) is 9.58. The van der Waals surface area contributed by atoms with Crippen molar-refractivity contribution in [2.75, 3.05) is 18.8 Å². The van der Waals surface area contributed by atoms with Crippen molar-refractivity contribution >= 4 is 15.6 Å². The van der Waals surface area contributed by atoms with E-state index in [2.05, 4.69) is 4.74 Å². The van der Waals surface area contributed by atoms with E-state index in [4.69, 9.17) is 0 Å². The van der Waals surface area contributed by atoms with Crippen LogP contribution in [0.4, 0.5) is 0 Å². The van der Waals surface area contributed by atoms with Gasteiger partial charge in [-0.25, -0.2) is 8.42 Å². The number of rotatable bonds is 4. The van der Waals surface area contributed by atoms with Crippen molar-refractivity contribution in [1.29, 1.82) is 0 Å². The molecule has 0 heterocycles. The van der Waals surface area contributed by atoms with Gasteiger partial charge in [0.05, 0.1) is 0 Å². The van der Waals surface area contributed by atoms with Gasteiger partial charge in [-0.3, -0.25) is 4.79 Å². The fraction of sp³-hybridized carbons (Fsp3) is 0.800. The second-order valence-electron chi connectivity index (χ2n) is 2.09. The van der Waals surface area contributed by atoms with Crippen LogP contribution in [-0.4, -0.2) is 33.0 Å². The second kappa shape index (κ2) is 3.68. The van der Waals surface area contributed by atoms with E-state index >= 15 is 0 Å². The van der Waals surface area contributed by atoms with Crippen LogP contribution in [0.3, 0.4) is 0 Å². The van der Waals surface area contributed by atoms with Crippen LogP contribution in [0.25, 0.3) is 0 Å². The number of carbonyl (C=O) groups is 1. The molecule has 10 heavy (non-hydrogen) atoms. The highest BCUT2D eigenvalue weighted by Crippen LogP contribution is 1.84. The lowest BCUT2D eigenvalue weighted by Gasteiger charge is -1.97. The van der Waals surface area contributed by atoms with Crippen molar-refractivity contribution in [2.24, 2.45) is 0 Å². The molecule has 0 saturated carbocycles. The number of Topliss-reactive ketones (excluding diaryl/α,β-unsaturated/α-hetero) is 1. The molecule has 0 saturated heterocycles. The Balaban J connectivity index is 3.49. The zero-order valence-electron chi connectivity index (χ0n) is 5.96. The lowest BCUT2D eigenvalue weighted by atomic mass is 10.5. The van der Waals surface area contributed by atoms with E-state index in [1.807, 2.05) is 0 Å². The van der Waals surface area contributed by atoms with Crippen LogP contribution >= 0.6 is 0 Å². The highest BCUT2D eigenvalue weighted by atomic mass is 32.2. The molecule has 0 aromatic carbocycles. The zero-order chi connectivity index (χ0) is 8.20. The Morgan fingerprint density at radius 1 is 1.50 bits per heavy atom. The monoisotopic (exact) mass is 166 g/mol. The summed E-state index contributed by atoms with van der Waals surface area (Å²) in [5, 5.41) is 0. The Kier molecular flexibility index (Phi) is 3.52. The maximum atomic E-state index is 10.4. The molecular weight excluding hydrogens is 156 g/mol. The Morgan fingerprint density at radius 3 is 2.30 bits per heavy atom. The van der Waals surface area contributed by atoms with Gasteiger partial charge in [-0.1, -0.05) is 0 Å². The summed E-state index contributed by atoms with van der Waals surface area (Å²) in [6, 6.07) is 0. The summed E-state index contributed by atoms with van der Waals surface area (Å²) in [6.45, 7) is 1.20. The van der Waals surface area contributed by atoms with Gasteiger partial charge >= 0.3 is 0 Å². The van der Waals surface area contributed by atoms with Gasteiger partial charge in [-0.05, 0) is 6.92 Å². The molecule has 0 rings (SSSR count). The molecule has 0 fully saturated rings. The van der Waals surface area contributed by atoms with Crippen LogP contribution in [0, 0.1) is 0 Å². The largest absolute Gasteiger partial charge is 0.358 e. The Hall–Kier alpha value is -0.420. The maximum absolute atomic E-state index is 10.4. The lowest BCUT2D eigenvalue weighted by molar-refractivity contribution is -0.120. The van der Waals surface area contributed by atoms with Crippen LogP contribution < -0.4 is 0 Å². The normalized spacial score (nSPS) is 11.4. The van der Waals surface area contributed by atoms with Crippen molar-refractivity contribution in [3.05, 3.63) is 0 Å². The third-order valence-corrected chi connectivity index (χ3v) is 1.20. The molecular formula is C5H10O4S. The summed E-state index contributed by atoms with van der Waals surface area (Å²) in [5.74, 6) is -0.560. The maximum Gasteiger partial charge on any atom is 0.171 e. The molecule has 5 heteroatoms. The number of sulfone groups is 1. The molecule has 0 spiro atoms. The summed E-state index contributed by atoms with van der Waals surface area (Å²) in [4.78, 5) is 10.2. The van der Waals surface area contributed by atoms with E-state index in [0.717, 1.165) is 6.26 Å². The Labute approximate surface area is 60.1 Å². The van der Waals surface area contributed by atoms with Crippen LogP contribution in [0.2, 0.25) is 0 Å². The van der Waals surface area contributed by atoms with Crippen LogP contribution in [0.5, 0.6) is 0 Å². The number of ether oxygens (including phenoxy) is 1. The number of carbonyl (C=O) groups excluding carboxylic acids is 1. The SMILES string of the molecule is CC(=O)COCS(C)(=O)=O. The van der Waals surface area contributed by atoms with E-state index in [9.17, 15) is 13.2 Å². The highest BCUT2D eigenvalue weighted by Gasteiger charge is 2.01. The molecule has 0 aromatic rings. The van der Waals surface area contributed by atoms with E-state index < -0.39 is 9.84 Å². The average Bonchev–Trinajstić information content (AvgIpc) is 1.59.